The second-order valence-corrected chi connectivity index (χ2v) is 6.45. The summed E-state index contributed by atoms with van der Waals surface area (Å²) in [6.07, 6.45) is 1.78. The lowest BCUT2D eigenvalue weighted by Gasteiger charge is -2.14. The molecule has 29 heavy (non-hydrogen) atoms. The third-order valence-corrected chi connectivity index (χ3v) is 4.30. The number of carboxylic acids is 1. The van der Waals surface area contributed by atoms with Gasteiger partial charge in [-0.15, -0.1) is 6.58 Å². The molecule has 3 aromatic rings. The number of carboxylic acid groups (broad SMARTS) is 1. The Morgan fingerprint density at radius 2 is 1.93 bits per heavy atom. The number of hydrogen-bond donors (Lipinski definition) is 1. The Morgan fingerprint density at radius 3 is 2.66 bits per heavy atom. The van der Waals surface area contributed by atoms with Gasteiger partial charge >= 0.3 is 5.97 Å². The van der Waals surface area contributed by atoms with Crippen LogP contribution >= 0.6 is 0 Å². The summed E-state index contributed by atoms with van der Waals surface area (Å²) in [6.45, 7) is 5.45. The minimum absolute atomic E-state index is 0.109. The zero-order valence-electron chi connectivity index (χ0n) is 16.1. The van der Waals surface area contributed by atoms with E-state index in [9.17, 15) is 4.79 Å². The van der Waals surface area contributed by atoms with Gasteiger partial charge in [-0.3, -0.25) is 0 Å². The molecule has 0 radical (unpaired) electrons. The molecular weight excluding hydrogens is 368 g/mol. The molecule has 0 bridgehead atoms. The molecule has 0 saturated heterocycles. The molecule has 0 spiro atoms. The number of pyridine rings is 1. The van der Waals surface area contributed by atoms with Crippen LogP contribution in [-0.2, 0) is 16.2 Å². The van der Waals surface area contributed by atoms with Crippen LogP contribution in [0.3, 0.4) is 0 Å². The quantitative estimate of drug-likeness (QED) is 0.319. The van der Waals surface area contributed by atoms with Crippen molar-refractivity contribution < 1.29 is 19.5 Å². The number of para-hydroxylation sites is 1. The van der Waals surface area contributed by atoms with Crippen LogP contribution in [0, 0.1) is 0 Å². The van der Waals surface area contributed by atoms with Gasteiger partial charge in [0.25, 0.3) is 0 Å². The first-order valence-corrected chi connectivity index (χ1v) is 9.19. The van der Waals surface area contributed by atoms with Crippen molar-refractivity contribution in [1.82, 2.24) is 4.98 Å². The Kier molecular flexibility index (Phi) is 6.58. The Balaban J connectivity index is 1.65. The van der Waals surface area contributed by atoms with Crippen LogP contribution in [0.25, 0.3) is 10.9 Å². The number of ether oxygens (including phenoxy) is 1. The number of rotatable bonds is 9. The summed E-state index contributed by atoms with van der Waals surface area (Å²) in [6, 6.07) is 19.3. The molecule has 1 aromatic heterocycles. The first-order valence-electron chi connectivity index (χ1n) is 9.19. The maximum absolute atomic E-state index is 10.9. The number of carbonyl (C=O) groups is 1. The molecule has 2 aromatic carbocycles. The zero-order valence-corrected chi connectivity index (χ0v) is 16.1. The molecule has 1 heterocycles. The van der Waals surface area contributed by atoms with E-state index in [-0.39, 0.29) is 5.71 Å². The predicted octanol–water partition coefficient (Wildman–Crippen LogP) is 4.91. The van der Waals surface area contributed by atoms with Crippen LogP contribution in [-0.4, -0.2) is 21.8 Å². The molecule has 1 N–H and O–H groups in total. The third kappa shape index (κ3) is 5.42. The van der Waals surface area contributed by atoms with Gasteiger partial charge in [-0.05, 0) is 36.8 Å². The van der Waals surface area contributed by atoms with E-state index in [0.29, 0.717) is 18.8 Å². The molecule has 1 unspecified atom stereocenters. The molecular formula is C23H22N2O4. The standard InChI is InChI=1S/C23H22N2O4/c1-3-6-22(29-25-16(2)23(26)27)18-10-13-20(14-11-18)28-15-19-12-9-17-7-4-5-8-21(17)24-19/h3-5,7-14,22H,1,6,15H2,2H3,(H,26,27)/b25-16+. The van der Waals surface area contributed by atoms with Crippen molar-refractivity contribution in [2.45, 2.75) is 26.1 Å². The van der Waals surface area contributed by atoms with Crippen molar-refractivity contribution in [3.63, 3.8) is 0 Å². The van der Waals surface area contributed by atoms with Crippen molar-refractivity contribution in [3.8, 4) is 5.75 Å². The van der Waals surface area contributed by atoms with Crippen molar-refractivity contribution in [1.29, 1.82) is 0 Å². The molecule has 3 rings (SSSR count). The van der Waals surface area contributed by atoms with E-state index in [1.54, 1.807) is 6.08 Å². The first kappa shape index (κ1) is 20.1. The maximum Gasteiger partial charge on any atom is 0.353 e. The fourth-order valence-electron chi connectivity index (χ4n) is 2.70. The molecule has 1 atom stereocenters. The molecule has 0 fully saturated rings. The minimum atomic E-state index is -1.12. The molecule has 0 amide bonds. The summed E-state index contributed by atoms with van der Waals surface area (Å²) >= 11 is 0. The number of oxime groups is 1. The highest BCUT2D eigenvalue weighted by Gasteiger charge is 2.13. The van der Waals surface area contributed by atoms with Gasteiger partial charge in [-0.1, -0.05) is 47.6 Å². The lowest BCUT2D eigenvalue weighted by Crippen LogP contribution is -2.10. The average Bonchev–Trinajstić information content (AvgIpc) is 2.75. The molecule has 0 saturated carbocycles. The van der Waals surface area contributed by atoms with Gasteiger partial charge in [0, 0.05) is 11.8 Å². The van der Waals surface area contributed by atoms with E-state index < -0.39 is 12.1 Å². The smallest absolute Gasteiger partial charge is 0.353 e. The third-order valence-electron chi connectivity index (χ3n) is 4.30. The topological polar surface area (TPSA) is 81.0 Å². The van der Waals surface area contributed by atoms with Crippen LogP contribution in [0.15, 0.2) is 78.5 Å². The normalized spacial score (nSPS) is 12.4. The number of aliphatic carboxylic acids is 1. The van der Waals surface area contributed by atoms with E-state index in [1.807, 2.05) is 60.7 Å². The van der Waals surface area contributed by atoms with Crippen molar-refractivity contribution in [2.24, 2.45) is 5.16 Å². The van der Waals surface area contributed by atoms with Gasteiger partial charge in [0.05, 0.1) is 11.2 Å². The van der Waals surface area contributed by atoms with Gasteiger partial charge in [0.1, 0.15) is 12.4 Å². The molecule has 148 valence electrons. The van der Waals surface area contributed by atoms with Gasteiger partial charge in [-0.2, -0.15) is 0 Å². The molecule has 6 nitrogen and oxygen atoms in total. The molecule has 0 aliphatic rings. The summed E-state index contributed by atoms with van der Waals surface area (Å²) in [5.41, 5.74) is 2.52. The van der Waals surface area contributed by atoms with Crippen LogP contribution in [0.5, 0.6) is 5.75 Å². The van der Waals surface area contributed by atoms with Gasteiger partial charge in [0.2, 0.25) is 0 Å². The van der Waals surface area contributed by atoms with E-state index in [1.165, 1.54) is 6.92 Å². The maximum atomic E-state index is 10.9. The first-order chi connectivity index (χ1) is 14.1. The van der Waals surface area contributed by atoms with Gasteiger partial charge in [-0.25, -0.2) is 9.78 Å². The SMILES string of the molecule is C=CCC(O/N=C(\C)C(=O)O)c1ccc(OCc2ccc3ccccc3n2)cc1. The average molecular weight is 390 g/mol. The summed E-state index contributed by atoms with van der Waals surface area (Å²) in [7, 11) is 0. The molecule has 0 aliphatic carbocycles. The van der Waals surface area contributed by atoms with E-state index in [4.69, 9.17) is 14.7 Å². The second kappa shape index (κ2) is 9.50. The Labute approximate surface area is 169 Å². The Bertz CT molecular complexity index is 1030. The Hall–Kier alpha value is -3.67. The van der Waals surface area contributed by atoms with Crippen molar-refractivity contribution >= 4 is 22.6 Å². The van der Waals surface area contributed by atoms with Crippen LogP contribution < -0.4 is 4.74 Å². The lowest BCUT2D eigenvalue weighted by molar-refractivity contribution is -0.129. The molecule has 0 aliphatic heterocycles. The highest BCUT2D eigenvalue weighted by Crippen LogP contribution is 2.25. The number of hydrogen-bond acceptors (Lipinski definition) is 5. The highest BCUT2D eigenvalue weighted by atomic mass is 16.6. The van der Waals surface area contributed by atoms with Gasteiger partial charge < -0.3 is 14.7 Å². The Morgan fingerprint density at radius 1 is 1.17 bits per heavy atom. The number of nitrogens with zero attached hydrogens (tertiary/aromatic N) is 2. The van der Waals surface area contributed by atoms with E-state index in [0.717, 1.165) is 22.2 Å². The van der Waals surface area contributed by atoms with Crippen LogP contribution in [0.2, 0.25) is 0 Å². The minimum Gasteiger partial charge on any atom is -0.487 e. The summed E-state index contributed by atoms with van der Waals surface area (Å²) < 4.78 is 5.84. The van der Waals surface area contributed by atoms with Gasteiger partial charge in [0.15, 0.2) is 11.8 Å². The number of aromatic nitrogens is 1. The summed E-state index contributed by atoms with van der Waals surface area (Å²) in [5, 5.41) is 13.7. The van der Waals surface area contributed by atoms with E-state index >= 15 is 0 Å². The zero-order chi connectivity index (χ0) is 20.6. The fraction of sp³-hybridized carbons (Fsp3) is 0.174. The largest absolute Gasteiger partial charge is 0.487 e. The predicted molar refractivity (Wildman–Crippen MR) is 112 cm³/mol. The second-order valence-electron chi connectivity index (χ2n) is 6.45. The fourth-order valence-corrected chi connectivity index (χ4v) is 2.70. The van der Waals surface area contributed by atoms with Crippen LogP contribution in [0.1, 0.15) is 30.7 Å². The lowest BCUT2D eigenvalue weighted by atomic mass is 10.1. The summed E-state index contributed by atoms with van der Waals surface area (Å²) in [5.74, 6) is -0.417. The summed E-state index contributed by atoms with van der Waals surface area (Å²) in [4.78, 5) is 20.8. The highest BCUT2D eigenvalue weighted by molar-refractivity contribution is 6.34. The molecule has 6 heteroatoms. The van der Waals surface area contributed by atoms with Crippen LogP contribution in [0.4, 0.5) is 0 Å². The van der Waals surface area contributed by atoms with Crippen molar-refractivity contribution in [2.75, 3.05) is 0 Å². The number of benzene rings is 2. The van der Waals surface area contributed by atoms with Crippen molar-refractivity contribution in [3.05, 3.63) is 84.6 Å². The number of fused-ring (bicyclic) bond motifs is 1. The monoisotopic (exact) mass is 390 g/mol. The van der Waals surface area contributed by atoms with E-state index in [2.05, 4.69) is 16.7 Å².